The second-order valence-electron chi connectivity index (χ2n) is 4.48. The van der Waals surface area contributed by atoms with Crippen molar-refractivity contribution in [2.45, 2.75) is 25.3 Å². The Morgan fingerprint density at radius 1 is 1.33 bits per heavy atom. The third kappa shape index (κ3) is 2.49. The zero-order valence-corrected chi connectivity index (χ0v) is 9.37. The molecule has 1 atom stereocenters. The van der Waals surface area contributed by atoms with Gasteiger partial charge in [-0.3, -0.25) is 9.69 Å². The Morgan fingerprint density at radius 3 is 2.73 bits per heavy atom. The average Bonchev–Trinajstić information content (AvgIpc) is 2.78. The van der Waals surface area contributed by atoms with E-state index in [-0.39, 0.29) is 11.9 Å². The Hall–Kier alpha value is -0.610. The standard InChI is InChI=1S/C11H20N2O2/c1-15-11(14)9-4-7-13(8-9)10-2-5-12-6-3-10/h9-10,12H,2-8H2,1H3. The van der Waals surface area contributed by atoms with Crippen LogP contribution >= 0.6 is 0 Å². The van der Waals surface area contributed by atoms with E-state index in [2.05, 4.69) is 10.2 Å². The number of piperidine rings is 1. The topological polar surface area (TPSA) is 41.6 Å². The summed E-state index contributed by atoms with van der Waals surface area (Å²) in [7, 11) is 1.48. The minimum atomic E-state index is -0.0357. The maximum Gasteiger partial charge on any atom is 0.310 e. The van der Waals surface area contributed by atoms with Crippen LogP contribution in [0, 0.1) is 5.92 Å². The van der Waals surface area contributed by atoms with Gasteiger partial charge < -0.3 is 10.1 Å². The molecule has 2 fully saturated rings. The predicted octanol–water partition coefficient (Wildman–Crippen LogP) is 0.233. The van der Waals surface area contributed by atoms with Crippen molar-refractivity contribution >= 4 is 5.97 Å². The Labute approximate surface area is 91.0 Å². The fraction of sp³-hybridized carbons (Fsp3) is 0.909. The molecule has 2 heterocycles. The number of esters is 1. The van der Waals surface area contributed by atoms with Crippen LogP contribution in [0.3, 0.4) is 0 Å². The van der Waals surface area contributed by atoms with Crippen LogP contribution in [-0.4, -0.2) is 50.2 Å². The fourth-order valence-corrected chi connectivity index (χ4v) is 2.65. The summed E-state index contributed by atoms with van der Waals surface area (Å²) in [5.74, 6) is 0.0799. The van der Waals surface area contributed by atoms with Crippen molar-refractivity contribution in [2.24, 2.45) is 5.92 Å². The molecule has 0 spiro atoms. The number of methoxy groups -OCH3 is 1. The van der Waals surface area contributed by atoms with E-state index in [0.29, 0.717) is 6.04 Å². The van der Waals surface area contributed by atoms with E-state index in [9.17, 15) is 4.79 Å². The molecule has 0 aromatic rings. The van der Waals surface area contributed by atoms with Crippen molar-refractivity contribution in [1.82, 2.24) is 10.2 Å². The maximum absolute atomic E-state index is 11.4. The molecule has 0 aromatic carbocycles. The molecule has 1 unspecified atom stereocenters. The number of hydrogen-bond donors (Lipinski definition) is 1. The molecule has 2 rings (SSSR count). The number of carbonyl (C=O) groups is 1. The molecule has 2 aliphatic rings. The monoisotopic (exact) mass is 212 g/mol. The van der Waals surface area contributed by atoms with E-state index >= 15 is 0 Å². The predicted molar refractivity (Wildman–Crippen MR) is 57.6 cm³/mol. The number of nitrogens with one attached hydrogen (secondary N) is 1. The van der Waals surface area contributed by atoms with Gasteiger partial charge in [-0.1, -0.05) is 0 Å². The van der Waals surface area contributed by atoms with Gasteiger partial charge in [0.05, 0.1) is 13.0 Å². The van der Waals surface area contributed by atoms with Crippen molar-refractivity contribution in [1.29, 1.82) is 0 Å². The molecule has 0 aliphatic carbocycles. The van der Waals surface area contributed by atoms with Crippen molar-refractivity contribution in [3.8, 4) is 0 Å². The quantitative estimate of drug-likeness (QED) is 0.665. The minimum absolute atomic E-state index is 0.0357. The lowest BCUT2D eigenvalue weighted by Crippen LogP contribution is -2.42. The number of likely N-dealkylation sites (tertiary alicyclic amines) is 1. The molecule has 0 saturated carbocycles. The first kappa shape index (κ1) is 10.9. The second kappa shape index (κ2) is 4.94. The summed E-state index contributed by atoms with van der Waals surface area (Å²) in [5, 5.41) is 3.37. The van der Waals surface area contributed by atoms with Gasteiger partial charge >= 0.3 is 5.97 Å². The highest BCUT2D eigenvalue weighted by Crippen LogP contribution is 2.23. The molecule has 0 radical (unpaired) electrons. The average molecular weight is 212 g/mol. The van der Waals surface area contributed by atoms with Gasteiger partial charge in [0.15, 0.2) is 0 Å². The molecule has 15 heavy (non-hydrogen) atoms. The summed E-state index contributed by atoms with van der Waals surface area (Å²) in [6.45, 7) is 4.19. The van der Waals surface area contributed by atoms with Gasteiger partial charge in [0, 0.05) is 12.6 Å². The molecule has 2 aliphatic heterocycles. The fourth-order valence-electron chi connectivity index (χ4n) is 2.65. The van der Waals surface area contributed by atoms with Gasteiger partial charge in [-0.2, -0.15) is 0 Å². The van der Waals surface area contributed by atoms with Crippen LogP contribution in [0.5, 0.6) is 0 Å². The smallest absolute Gasteiger partial charge is 0.310 e. The molecule has 0 aromatic heterocycles. The normalized spacial score (nSPS) is 29.3. The Balaban J connectivity index is 1.83. The number of hydrogen-bond acceptors (Lipinski definition) is 4. The third-order valence-corrected chi connectivity index (χ3v) is 3.58. The van der Waals surface area contributed by atoms with Gasteiger partial charge in [0.1, 0.15) is 0 Å². The first-order chi connectivity index (χ1) is 7.31. The highest BCUT2D eigenvalue weighted by molar-refractivity contribution is 5.72. The molecular formula is C11H20N2O2. The molecule has 86 valence electrons. The largest absolute Gasteiger partial charge is 0.469 e. The highest BCUT2D eigenvalue weighted by Gasteiger charge is 2.33. The van der Waals surface area contributed by atoms with Gasteiger partial charge in [-0.05, 0) is 38.9 Å². The number of ether oxygens (including phenoxy) is 1. The Bertz CT molecular complexity index is 227. The van der Waals surface area contributed by atoms with Crippen LogP contribution in [0.1, 0.15) is 19.3 Å². The highest BCUT2D eigenvalue weighted by atomic mass is 16.5. The Morgan fingerprint density at radius 2 is 2.07 bits per heavy atom. The van der Waals surface area contributed by atoms with Gasteiger partial charge in [0.25, 0.3) is 0 Å². The third-order valence-electron chi connectivity index (χ3n) is 3.58. The van der Waals surface area contributed by atoms with Gasteiger partial charge in [0.2, 0.25) is 0 Å². The zero-order valence-electron chi connectivity index (χ0n) is 9.37. The summed E-state index contributed by atoms with van der Waals surface area (Å²) < 4.78 is 4.79. The molecular weight excluding hydrogens is 192 g/mol. The molecule has 0 bridgehead atoms. The zero-order chi connectivity index (χ0) is 10.7. The molecule has 0 amide bonds. The van der Waals surface area contributed by atoms with Crippen molar-refractivity contribution in [3.63, 3.8) is 0 Å². The molecule has 4 nitrogen and oxygen atoms in total. The molecule has 2 saturated heterocycles. The van der Waals surface area contributed by atoms with Crippen LogP contribution in [0.15, 0.2) is 0 Å². The summed E-state index contributed by atoms with van der Waals surface area (Å²) in [6.07, 6.45) is 3.40. The van der Waals surface area contributed by atoms with Crippen LogP contribution < -0.4 is 5.32 Å². The first-order valence-electron chi connectivity index (χ1n) is 5.84. The van der Waals surface area contributed by atoms with Crippen molar-refractivity contribution in [3.05, 3.63) is 0 Å². The molecule has 4 heteroatoms. The van der Waals surface area contributed by atoms with Crippen LogP contribution in [0.2, 0.25) is 0 Å². The van der Waals surface area contributed by atoms with Gasteiger partial charge in [-0.15, -0.1) is 0 Å². The minimum Gasteiger partial charge on any atom is -0.469 e. The SMILES string of the molecule is COC(=O)C1CCN(C2CCNCC2)C1. The summed E-state index contributed by atoms with van der Waals surface area (Å²) in [4.78, 5) is 13.8. The number of carbonyl (C=O) groups excluding carboxylic acids is 1. The van der Waals surface area contributed by atoms with E-state index in [4.69, 9.17) is 4.74 Å². The maximum atomic E-state index is 11.4. The summed E-state index contributed by atoms with van der Waals surface area (Å²) in [6, 6.07) is 0.681. The van der Waals surface area contributed by atoms with E-state index in [1.807, 2.05) is 0 Å². The lowest BCUT2D eigenvalue weighted by Gasteiger charge is -2.31. The van der Waals surface area contributed by atoms with Gasteiger partial charge in [-0.25, -0.2) is 0 Å². The first-order valence-corrected chi connectivity index (χ1v) is 5.84. The van der Waals surface area contributed by atoms with Crippen LogP contribution in [-0.2, 0) is 9.53 Å². The van der Waals surface area contributed by atoms with E-state index in [0.717, 1.165) is 32.6 Å². The summed E-state index contributed by atoms with van der Waals surface area (Å²) >= 11 is 0. The van der Waals surface area contributed by atoms with Crippen molar-refractivity contribution in [2.75, 3.05) is 33.3 Å². The van der Waals surface area contributed by atoms with Crippen LogP contribution in [0.4, 0.5) is 0 Å². The van der Waals surface area contributed by atoms with E-state index in [1.54, 1.807) is 0 Å². The Kier molecular flexibility index (Phi) is 3.59. The molecule has 1 N–H and O–H groups in total. The summed E-state index contributed by atoms with van der Waals surface area (Å²) in [5.41, 5.74) is 0. The number of rotatable bonds is 2. The lowest BCUT2D eigenvalue weighted by molar-refractivity contribution is -0.145. The van der Waals surface area contributed by atoms with Crippen LogP contribution in [0.25, 0.3) is 0 Å². The van der Waals surface area contributed by atoms with Crippen molar-refractivity contribution < 1.29 is 9.53 Å². The lowest BCUT2D eigenvalue weighted by atomic mass is 10.1. The number of nitrogens with zero attached hydrogens (tertiary/aromatic N) is 1. The van der Waals surface area contributed by atoms with E-state index in [1.165, 1.54) is 20.0 Å². The second-order valence-corrected chi connectivity index (χ2v) is 4.48. The van der Waals surface area contributed by atoms with E-state index < -0.39 is 0 Å².